The maximum atomic E-state index is 6.65. The molecule has 0 atom stereocenters. The number of benzene rings is 9. The summed E-state index contributed by atoms with van der Waals surface area (Å²) in [7, 11) is 0. The van der Waals surface area contributed by atoms with Gasteiger partial charge in [0.25, 0.3) is 0 Å². The van der Waals surface area contributed by atoms with Crippen LogP contribution in [-0.4, -0.2) is 0 Å². The maximum absolute atomic E-state index is 6.65. The van der Waals surface area contributed by atoms with E-state index in [1.807, 2.05) is 6.07 Å². The van der Waals surface area contributed by atoms with Gasteiger partial charge in [-0.2, -0.15) is 0 Å². The fourth-order valence-electron chi connectivity index (χ4n) is 8.16. The third-order valence-electron chi connectivity index (χ3n) is 10.7. The minimum atomic E-state index is 0.885. The predicted octanol–water partition coefficient (Wildman–Crippen LogP) is 15.4. The Morgan fingerprint density at radius 1 is 0.286 bits per heavy atom. The van der Waals surface area contributed by atoms with E-state index in [4.69, 9.17) is 4.42 Å². The van der Waals surface area contributed by atoms with Gasteiger partial charge in [0.05, 0.1) is 11.4 Å². The third-order valence-corrected chi connectivity index (χ3v) is 10.7. The fraction of sp³-hybridized carbons (Fsp3) is 0. The Bertz CT molecular complexity index is 2980. The van der Waals surface area contributed by atoms with Crippen LogP contribution in [0.5, 0.6) is 0 Å². The van der Waals surface area contributed by atoms with Crippen LogP contribution in [-0.2, 0) is 0 Å². The molecule has 2 heteroatoms. The zero-order valence-electron chi connectivity index (χ0n) is 30.7. The van der Waals surface area contributed by atoms with E-state index in [0.29, 0.717) is 0 Å². The van der Waals surface area contributed by atoms with E-state index in [0.717, 1.165) is 66.8 Å². The number of rotatable bonds is 8. The van der Waals surface area contributed by atoms with Gasteiger partial charge in [-0.15, -0.1) is 0 Å². The summed E-state index contributed by atoms with van der Waals surface area (Å²) in [6, 6.07) is 80.0. The molecule has 0 unspecified atom stereocenters. The molecular weight excluding hydrogens is 679 g/mol. The minimum absolute atomic E-state index is 0.885. The molecule has 10 aromatic rings. The summed E-state index contributed by atoms with van der Waals surface area (Å²) >= 11 is 0. The summed E-state index contributed by atoms with van der Waals surface area (Å²) in [6.07, 6.45) is 0. The van der Waals surface area contributed by atoms with Crippen molar-refractivity contribution in [3.05, 3.63) is 224 Å². The van der Waals surface area contributed by atoms with Crippen molar-refractivity contribution in [3.8, 4) is 55.6 Å². The Kier molecular flexibility index (Phi) is 8.55. The molecule has 0 aliphatic heterocycles. The van der Waals surface area contributed by atoms with E-state index >= 15 is 0 Å². The molecule has 0 aliphatic rings. The molecule has 9 aromatic carbocycles. The van der Waals surface area contributed by atoms with Gasteiger partial charge in [-0.25, -0.2) is 0 Å². The van der Waals surface area contributed by atoms with Gasteiger partial charge in [0, 0.05) is 33.2 Å². The Labute approximate surface area is 327 Å². The zero-order chi connectivity index (χ0) is 37.3. The summed E-state index contributed by atoms with van der Waals surface area (Å²) in [4.78, 5) is 2.43. The van der Waals surface area contributed by atoms with E-state index in [-0.39, 0.29) is 0 Å². The number of hydrogen-bond acceptors (Lipinski definition) is 2. The molecule has 56 heavy (non-hydrogen) atoms. The van der Waals surface area contributed by atoms with Crippen LogP contribution >= 0.6 is 0 Å². The molecule has 0 radical (unpaired) electrons. The number of para-hydroxylation sites is 4. The molecule has 0 aliphatic carbocycles. The second-order valence-corrected chi connectivity index (χ2v) is 14.0. The Balaban J connectivity index is 1.22. The number of hydrogen-bond donors (Lipinski definition) is 0. The second-order valence-electron chi connectivity index (χ2n) is 14.0. The molecule has 0 saturated carbocycles. The maximum Gasteiger partial charge on any atom is 0.143 e. The standard InChI is InChI=1S/C54H37NO/c1-3-19-38(20-4-1)40-23-17-24-41(37-40)55(52-35-15-12-30-47(52)49-32-18-33-50-48-31-13-16-36-53(48)56-54(49)50)51-34-14-11-29-46(51)45-28-10-9-27-44(45)43-26-8-7-25-42(43)39-21-5-2-6-22-39/h1-37H. The molecule has 0 bridgehead atoms. The first kappa shape index (κ1) is 33.2. The van der Waals surface area contributed by atoms with Gasteiger partial charge < -0.3 is 9.32 Å². The van der Waals surface area contributed by atoms with Gasteiger partial charge in [0.2, 0.25) is 0 Å². The van der Waals surface area contributed by atoms with E-state index in [9.17, 15) is 0 Å². The quantitative estimate of drug-likeness (QED) is 0.156. The summed E-state index contributed by atoms with van der Waals surface area (Å²) < 4.78 is 6.65. The molecular formula is C54H37NO. The third kappa shape index (κ3) is 5.95. The van der Waals surface area contributed by atoms with Crippen molar-refractivity contribution in [1.82, 2.24) is 0 Å². The number of nitrogens with zero attached hydrogens (tertiary/aromatic N) is 1. The highest BCUT2D eigenvalue weighted by molar-refractivity contribution is 6.11. The lowest BCUT2D eigenvalue weighted by Crippen LogP contribution is -2.12. The topological polar surface area (TPSA) is 16.4 Å². The van der Waals surface area contributed by atoms with E-state index in [2.05, 4.69) is 223 Å². The van der Waals surface area contributed by atoms with Crippen molar-refractivity contribution in [3.63, 3.8) is 0 Å². The monoisotopic (exact) mass is 715 g/mol. The minimum Gasteiger partial charge on any atom is -0.455 e. The van der Waals surface area contributed by atoms with E-state index in [1.165, 1.54) is 27.8 Å². The van der Waals surface area contributed by atoms with Crippen LogP contribution in [0.3, 0.4) is 0 Å². The lowest BCUT2D eigenvalue weighted by Gasteiger charge is -2.30. The molecule has 0 saturated heterocycles. The van der Waals surface area contributed by atoms with Crippen LogP contribution in [0.1, 0.15) is 0 Å². The summed E-state index contributed by atoms with van der Waals surface area (Å²) in [5.74, 6) is 0. The van der Waals surface area contributed by atoms with Crippen molar-refractivity contribution in [2.45, 2.75) is 0 Å². The number of furan rings is 1. The highest BCUT2D eigenvalue weighted by Gasteiger charge is 2.24. The van der Waals surface area contributed by atoms with Crippen LogP contribution in [0.4, 0.5) is 17.1 Å². The second kappa shape index (κ2) is 14.4. The molecule has 1 aromatic heterocycles. The smallest absolute Gasteiger partial charge is 0.143 e. The van der Waals surface area contributed by atoms with E-state index < -0.39 is 0 Å². The number of fused-ring (bicyclic) bond motifs is 3. The molecule has 264 valence electrons. The Hall–Kier alpha value is -7.42. The van der Waals surface area contributed by atoms with Crippen LogP contribution in [0.2, 0.25) is 0 Å². The lowest BCUT2D eigenvalue weighted by atomic mass is 9.88. The van der Waals surface area contributed by atoms with Crippen molar-refractivity contribution in [1.29, 1.82) is 0 Å². The largest absolute Gasteiger partial charge is 0.455 e. The van der Waals surface area contributed by atoms with Gasteiger partial charge in [0.1, 0.15) is 11.2 Å². The van der Waals surface area contributed by atoms with E-state index in [1.54, 1.807) is 0 Å². The molecule has 10 rings (SSSR count). The highest BCUT2D eigenvalue weighted by atomic mass is 16.3. The Morgan fingerprint density at radius 2 is 0.732 bits per heavy atom. The molecule has 0 spiro atoms. The van der Waals surface area contributed by atoms with Gasteiger partial charge in [-0.3, -0.25) is 0 Å². The Morgan fingerprint density at radius 3 is 1.43 bits per heavy atom. The van der Waals surface area contributed by atoms with Crippen molar-refractivity contribution in [2.75, 3.05) is 4.90 Å². The normalized spacial score (nSPS) is 11.2. The van der Waals surface area contributed by atoms with Crippen molar-refractivity contribution in [2.24, 2.45) is 0 Å². The first-order chi connectivity index (χ1) is 27.8. The van der Waals surface area contributed by atoms with Gasteiger partial charge in [-0.1, -0.05) is 194 Å². The SMILES string of the molecule is c1ccc(-c2cccc(N(c3ccccc3-c3ccccc3-c3ccccc3-c3ccccc3)c3ccccc3-c3cccc4c3oc3ccccc34)c2)cc1. The van der Waals surface area contributed by atoms with Crippen LogP contribution in [0.25, 0.3) is 77.6 Å². The molecule has 1 heterocycles. The van der Waals surface area contributed by atoms with Crippen molar-refractivity contribution < 1.29 is 4.42 Å². The van der Waals surface area contributed by atoms with Gasteiger partial charge in [-0.05, 0) is 69.3 Å². The average Bonchev–Trinajstić information content (AvgIpc) is 3.67. The van der Waals surface area contributed by atoms with Gasteiger partial charge in [0.15, 0.2) is 0 Å². The fourth-order valence-corrected chi connectivity index (χ4v) is 8.16. The highest BCUT2D eigenvalue weighted by Crippen LogP contribution is 2.49. The molecule has 0 fully saturated rings. The molecule has 0 amide bonds. The molecule has 0 N–H and O–H groups in total. The average molecular weight is 716 g/mol. The van der Waals surface area contributed by atoms with Crippen LogP contribution in [0, 0.1) is 0 Å². The summed E-state index contributed by atoms with van der Waals surface area (Å²) in [5.41, 5.74) is 16.5. The number of anilines is 3. The van der Waals surface area contributed by atoms with Crippen LogP contribution in [0.15, 0.2) is 229 Å². The van der Waals surface area contributed by atoms with Crippen molar-refractivity contribution >= 4 is 39.0 Å². The summed E-state index contributed by atoms with van der Waals surface area (Å²) in [5, 5.41) is 2.23. The predicted molar refractivity (Wildman–Crippen MR) is 236 cm³/mol. The van der Waals surface area contributed by atoms with Gasteiger partial charge >= 0.3 is 0 Å². The zero-order valence-corrected chi connectivity index (χ0v) is 30.7. The first-order valence-electron chi connectivity index (χ1n) is 19.1. The van der Waals surface area contributed by atoms with Crippen LogP contribution < -0.4 is 4.90 Å². The summed E-state index contributed by atoms with van der Waals surface area (Å²) in [6.45, 7) is 0. The lowest BCUT2D eigenvalue weighted by molar-refractivity contribution is 0.670. The first-order valence-corrected chi connectivity index (χ1v) is 19.1. The molecule has 2 nitrogen and oxygen atoms in total.